The second kappa shape index (κ2) is 9.51. The van der Waals surface area contributed by atoms with Crippen LogP contribution in [0.25, 0.3) is 22.6 Å². The first-order valence-corrected chi connectivity index (χ1v) is 9.92. The van der Waals surface area contributed by atoms with Crippen LogP contribution in [0.4, 0.5) is 9.18 Å². The van der Waals surface area contributed by atoms with Gasteiger partial charge in [0.25, 0.3) is 0 Å². The quantitative estimate of drug-likeness (QED) is 0.568. The second-order valence-corrected chi connectivity index (χ2v) is 7.98. The number of benzene rings is 1. The summed E-state index contributed by atoms with van der Waals surface area (Å²) in [6.07, 6.45) is 4.75. The minimum Gasteiger partial charge on any atom is -0.444 e. The van der Waals surface area contributed by atoms with Crippen LogP contribution in [-0.4, -0.2) is 39.5 Å². The number of halogens is 1. The van der Waals surface area contributed by atoms with Gasteiger partial charge in [0.2, 0.25) is 0 Å². The van der Waals surface area contributed by atoms with Crippen molar-refractivity contribution in [2.75, 3.05) is 6.54 Å². The molecule has 1 amide bonds. The number of nitrogens with zero attached hydrogens (tertiary/aromatic N) is 4. The zero-order valence-corrected chi connectivity index (χ0v) is 17.9. The number of pyridine rings is 1. The Labute approximate surface area is 181 Å². The molecule has 0 atom stereocenters. The van der Waals surface area contributed by atoms with Gasteiger partial charge in [0.1, 0.15) is 17.2 Å². The summed E-state index contributed by atoms with van der Waals surface area (Å²) in [7, 11) is 0. The summed E-state index contributed by atoms with van der Waals surface area (Å²) >= 11 is 0. The summed E-state index contributed by atoms with van der Waals surface area (Å²) in [5.74, 6) is 0.407. The van der Waals surface area contributed by atoms with Crippen molar-refractivity contribution < 1.29 is 13.9 Å². The minimum atomic E-state index is -0.592. The van der Waals surface area contributed by atoms with Gasteiger partial charge >= 0.3 is 6.09 Å². The molecule has 0 fully saturated rings. The molecule has 0 aliphatic heterocycles. The van der Waals surface area contributed by atoms with Crippen LogP contribution in [0, 0.1) is 5.82 Å². The average Bonchev–Trinajstić information content (AvgIpc) is 3.18. The number of hydrogen-bond donors (Lipinski definition) is 1. The molecule has 8 heteroatoms. The van der Waals surface area contributed by atoms with E-state index in [1.54, 1.807) is 24.5 Å². The smallest absolute Gasteiger partial charge is 0.407 e. The highest BCUT2D eigenvalue weighted by molar-refractivity contribution is 5.71. The van der Waals surface area contributed by atoms with E-state index in [4.69, 9.17) is 4.74 Å². The Bertz CT molecular complexity index is 1050. The normalized spacial score (nSPS) is 11.2. The molecule has 0 aliphatic rings. The van der Waals surface area contributed by atoms with E-state index in [0.717, 1.165) is 22.5 Å². The number of amides is 1. The highest BCUT2D eigenvalue weighted by Crippen LogP contribution is 2.27. The molecule has 3 aromatic rings. The van der Waals surface area contributed by atoms with Crippen LogP contribution in [0.1, 0.15) is 26.3 Å². The standard InChI is InChI=1S/C23H26FN5O2/c1-23(2,3)31-22(30)28-15-17-14-27-20(16-5-7-18(24)8-6-16)13-19(17)21-26-10-12-29(21)11-9-25-4/h5-8,10,12-14H,4,9,11,15H2,1-3H3,(H,28,30). The highest BCUT2D eigenvalue weighted by atomic mass is 19.1. The molecule has 0 bridgehead atoms. The lowest BCUT2D eigenvalue weighted by Crippen LogP contribution is -2.32. The fourth-order valence-electron chi connectivity index (χ4n) is 3.01. The van der Waals surface area contributed by atoms with Gasteiger partial charge in [-0.15, -0.1) is 0 Å². The maximum Gasteiger partial charge on any atom is 0.407 e. The first-order valence-electron chi connectivity index (χ1n) is 9.92. The highest BCUT2D eigenvalue weighted by Gasteiger charge is 2.18. The Morgan fingerprint density at radius 2 is 2.00 bits per heavy atom. The molecule has 2 heterocycles. The molecule has 0 saturated heterocycles. The molecular formula is C23H26FN5O2. The van der Waals surface area contributed by atoms with Gasteiger partial charge in [-0.25, -0.2) is 14.2 Å². The predicted molar refractivity (Wildman–Crippen MR) is 118 cm³/mol. The first kappa shape index (κ1) is 22.1. The van der Waals surface area contributed by atoms with E-state index in [1.165, 1.54) is 12.1 Å². The number of aliphatic imine (C=N–C) groups is 1. The van der Waals surface area contributed by atoms with Gasteiger partial charge < -0.3 is 14.6 Å². The molecule has 0 saturated carbocycles. The molecule has 3 rings (SSSR count). The number of aromatic nitrogens is 3. The van der Waals surface area contributed by atoms with Crippen LogP contribution < -0.4 is 5.32 Å². The van der Waals surface area contributed by atoms with Crippen LogP contribution in [-0.2, 0) is 17.8 Å². The molecule has 31 heavy (non-hydrogen) atoms. The molecule has 1 aromatic carbocycles. The number of ether oxygens (including phenoxy) is 1. The monoisotopic (exact) mass is 423 g/mol. The van der Waals surface area contributed by atoms with Gasteiger partial charge in [-0.3, -0.25) is 9.98 Å². The largest absolute Gasteiger partial charge is 0.444 e. The lowest BCUT2D eigenvalue weighted by atomic mass is 10.0. The molecule has 1 N–H and O–H groups in total. The van der Waals surface area contributed by atoms with Gasteiger partial charge in [-0.1, -0.05) is 0 Å². The van der Waals surface area contributed by atoms with Gasteiger partial charge in [0.05, 0.1) is 12.2 Å². The fraction of sp³-hybridized carbons (Fsp3) is 0.304. The second-order valence-electron chi connectivity index (χ2n) is 7.98. The van der Waals surface area contributed by atoms with E-state index in [0.29, 0.717) is 18.8 Å². The van der Waals surface area contributed by atoms with Crippen LogP contribution in [0.3, 0.4) is 0 Å². The van der Waals surface area contributed by atoms with Crippen LogP contribution >= 0.6 is 0 Å². The number of carbonyl (C=O) groups excluding carboxylic acids is 1. The summed E-state index contributed by atoms with van der Waals surface area (Å²) in [5.41, 5.74) is 2.44. The lowest BCUT2D eigenvalue weighted by molar-refractivity contribution is 0.0523. The Morgan fingerprint density at radius 1 is 1.26 bits per heavy atom. The van der Waals surface area contributed by atoms with Crippen molar-refractivity contribution in [3.63, 3.8) is 0 Å². The molecule has 0 spiro atoms. The van der Waals surface area contributed by atoms with Crippen LogP contribution in [0.5, 0.6) is 0 Å². The topological polar surface area (TPSA) is 81.4 Å². The third-order valence-electron chi connectivity index (χ3n) is 4.40. The van der Waals surface area contributed by atoms with Gasteiger partial charge in [-0.05, 0) is 57.8 Å². The predicted octanol–water partition coefficient (Wildman–Crippen LogP) is 4.48. The van der Waals surface area contributed by atoms with Crippen molar-refractivity contribution in [2.45, 2.75) is 39.5 Å². The zero-order valence-electron chi connectivity index (χ0n) is 17.9. The Hall–Kier alpha value is -3.55. The van der Waals surface area contributed by atoms with Crippen LogP contribution in [0.15, 0.2) is 53.9 Å². The van der Waals surface area contributed by atoms with E-state index in [1.807, 2.05) is 37.6 Å². The first-order chi connectivity index (χ1) is 14.8. The molecule has 0 unspecified atom stereocenters. The Kier molecular flexibility index (Phi) is 6.79. The summed E-state index contributed by atoms with van der Waals surface area (Å²) in [6.45, 7) is 10.3. The molecule has 0 radical (unpaired) electrons. The molecule has 2 aromatic heterocycles. The summed E-state index contributed by atoms with van der Waals surface area (Å²) in [5, 5.41) is 2.77. The fourth-order valence-corrected chi connectivity index (χ4v) is 3.01. The van der Waals surface area contributed by atoms with Crippen molar-refractivity contribution in [1.82, 2.24) is 19.9 Å². The number of hydrogen-bond acceptors (Lipinski definition) is 5. The van der Waals surface area contributed by atoms with Crippen LogP contribution in [0.2, 0.25) is 0 Å². The summed E-state index contributed by atoms with van der Waals surface area (Å²) in [4.78, 5) is 25.1. The van der Waals surface area contributed by atoms with E-state index in [-0.39, 0.29) is 12.4 Å². The lowest BCUT2D eigenvalue weighted by Gasteiger charge is -2.20. The molecule has 7 nitrogen and oxygen atoms in total. The summed E-state index contributed by atoms with van der Waals surface area (Å²) < 4.78 is 20.6. The van der Waals surface area contributed by atoms with E-state index < -0.39 is 11.7 Å². The third-order valence-corrected chi connectivity index (χ3v) is 4.40. The Balaban J connectivity index is 1.96. The number of alkyl carbamates (subject to hydrolysis) is 1. The van der Waals surface area contributed by atoms with E-state index in [2.05, 4.69) is 27.0 Å². The van der Waals surface area contributed by atoms with Crippen molar-refractivity contribution in [2.24, 2.45) is 4.99 Å². The third kappa shape index (κ3) is 5.97. The number of rotatable bonds is 7. The number of carbonyl (C=O) groups is 1. The van der Waals surface area contributed by atoms with Crippen molar-refractivity contribution in [1.29, 1.82) is 0 Å². The molecular weight excluding hydrogens is 397 g/mol. The maximum absolute atomic E-state index is 13.3. The van der Waals surface area contributed by atoms with Crippen molar-refractivity contribution >= 4 is 12.8 Å². The number of imidazole rings is 1. The Morgan fingerprint density at radius 3 is 2.68 bits per heavy atom. The van der Waals surface area contributed by atoms with E-state index in [9.17, 15) is 9.18 Å². The van der Waals surface area contributed by atoms with Crippen molar-refractivity contribution in [3.8, 4) is 22.6 Å². The summed E-state index contributed by atoms with van der Waals surface area (Å²) in [6, 6.07) is 8.03. The minimum absolute atomic E-state index is 0.216. The average molecular weight is 423 g/mol. The SMILES string of the molecule is C=NCCn1ccnc1-c1cc(-c2ccc(F)cc2)ncc1CNC(=O)OC(C)(C)C. The molecule has 0 aliphatic carbocycles. The van der Waals surface area contributed by atoms with Gasteiger partial charge in [-0.2, -0.15) is 0 Å². The maximum atomic E-state index is 13.3. The van der Waals surface area contributed by atoms with Gasteiger partial charge in [0, 0.05) is 48.4 Å². The number of nitrogens with one attached hydrogen (secondary N) is 1. The van der Waals surface area contributed by atoms with Gasteiger partial charge in [0.15, 0.2) is 0 Å². The zero-order chi connectivity index (χ0) is 22.4. The van der Waals surface area contributed by atoms with Crippen molar-refractivity contribution in [3.05, 3.63) is 60.3 Å². The van der Waals surface area contributed by atoms with E-state index >= 15 is 0 Å². The molecule has 162 valence electrons.